The Balaban J connectivity index is 2.34. The topological polar surface area (TPSA) is 61.8 Å². The average molecular weight is 230 g/mol. The highest BCUT2D eigenvalue weighted by Crippen LogP contribution is 2.19. The Morgan fingerprint density at radius 3 is 2.75 bits per heavy atom. The number of aliphatic carboxylic acids is 1. The molecule has 0 amide bonds. The van der Waals surface area contributed by atoms with E-state index >= 15 is 0 Å². The lowest BCUT2D eigenvalue weighted by molar-refractivity contribution is -0.140. The summed E-state index contributed by atoms with van der Waals surface area (Å²) in [4.78, 5) is 13.2. The lowest BCUT2D eigenvalue weighted by Crippen LogP contribution is -2.47. The van der Waals surface area contributed by atoms with Crippen molar-refractivity contribution in [1.29, 1.82) is 0 Å². The molecule has 1 aliphatic rings. The molecule has 1 unspecified atom stereocenters. The van der Waals surface area contributed by atoms with Crippen molar-refractivity contribution in [2.45, 2.75) is 31.8 Å². The Kier molecular flexibility index (Phi) is 5.73. The monoisotopic (exact) mass is 230 g/mol. The minimum atomic E-state index is -0.761. The normalized spacial score (nSPS) is 17.7. The molecule has 1 saturated carbocycles. The van der Waals surface area contributed by atoms with Crippen LogP contribution >= 0.6 is 0 Å². The number of carboxylic acid groups (broad SMARTS) is 1. The number of ether oxygens (including phenoxy) is 1. The van der Waals surface area contributed by atoms with Crippen molar-refractivity contribution in [2.75, 3.05) is 33.4 Å². The van der Waals surface area contributed by atoms with E-state index in [1.165, 1.54) is 0 Å². The van der Waals surface area contributed by atoms with E-state index in [1.807, 2.05) is 6.92 Å². The van der Waals surface area contributed by atoms with Crippen LogP contribution in [-0.2, 0) is 9.53 Å². The van der Waals surface area contributed by atoms with Crippen molar-refractivity contribution in [3.63, 3.8) is 0 Å². The second kappa shape index (κ2) is 6.83. The van der Waals surface area contributed by atoms with Crippen LogP contribution in [0.4, 0.5) is 0 Å². The summed E-state index contributed by atoms with van der Waals surface area (Å²) in [7, 11) is 1.66. The molecule has 16 heavy (non-hydrogen) atoms. The van der Waals surface area contributed by atoms with Crippen LogP contribution in [-0.4, -0.2) is 61.4 Å². The number of nitrogens with zero attached hydrogens (tertiary/aromatic N) is 1. The third-order valence-corrected chi connectivity index (χ3v) is 2.81. The molecule has 0 heterocycles. The molecule has 0 radical (unpaired) electrons. The summed E-state index contributed by atoms with van der Waals surface area (Å²) in [5.41, 5.74) is 0. The van der Waals surface area contributed by atoms with Crippen molar-refractivity contribution in [1.82, 2.24) is 10.2 Å². The van der Waals surface area contributed by atoms with E-state index in [9.17, 15) is 4.79 Å². The smallest absolute Gasteiger partial charge is 0.322 e. The highest BCUT2D eigenvalue weighted by atomic mass is 16.5. The summed E-state index contributed by atoms with van der Waals surface area (Å²) in [5.74, 6) is -0.761. The van der Waals surface area contributed by atoms with Gasteiger partial charge in [-0.05, 0) is 19.4 Å². The molecular formula is C11H22N2O3. The molecular weight excluding hydrogens is 208 g/mol. The van der Waals surface area contributed by atoms with Crippen LogP contribution in [0, 0.1) is 0 Å². The maximum Gasteiger partial charge on any atom is 0.322 e. The van der Waals surface area contributed by atoms with Crippen LogP contribution in [0.3, 0.4) is 0 Å². The van der Waals surface area contributed by atoms with Crippen LogP contribution in [0.15, 0.2) is 0 Å². The van der Waals surface area contributed by atoms with Crippen LogP contribution < -0.4 is 5.32 Å². The van der Waals surface area contributed by atoms with Gasteiger partial charge in [0.15, 0.2) is 0 Å². The minimum absolute atomic E-state index is 0.419. The Morgan fingerprint density at radius 1 is 1.62 bits per heavy atom. The van der Waals surface area contributed by atoms with Crippen LogP contribution in [0.25, 0.3) is 0 Å². The Hall–Kier alpha value is -0.650. The number of carboxylic acids is 1. The van der Waals surface area contributed by atoms with E-state index in [0.717, 1.165) is 25.9 Å². The molecule has 0 aromatic rings. The molecule has 0 spiro atoms. The van der Waals surface area contributed by atoms with E-state index in [1.54, 1.807) is 7.11 Å². The van der Waals surface area contributed by atoms with E-state index in [-0.39, 0.29) is 0 Å². The highest BCUT2D eigenvalue weighted by molar-refractivity contribution is 5.73. The molecule has 1 atom stereocenters. The molecule has 5 nitrogen and oxygen atoms in total. The molecule has 0 aromatic heterocycles. The van der Waals surface area contributed by atoms with E-state index < -0.39 is 12.0 Å². The number of methoxy groups -OCH3 is 1. The van der Waals surface area contributed by atoms with Crippen molar-refractivity contribution < 1.29 is 14.6 Å². The number of likely N-dealkylation sites (N-methyl/N-ethyl adjacent to an activating group) is 1. The largest absolute Gasteiger partial charge is 0.480 e. The van der Waals surface area contributed by atoms with Gasteiger partial charge in [-0.3, -0.25) is 9.69 Å². The fourth-order valence-electron chi connectivity index (χ4n) is 1.59. The fraction of sp³-hybridized carbons (Fsp3) is 0.909. The molecule has 0 aromatic carbocycles. The van der Waals surface area contributed by atoms with E-state index in [2.05, 4.69) is 10.2 Å². The van der Waals surface area contributed by atoms with E-state index in [4.69, 9.17) is 9.84 Å². The first-order chi connectivity index (χ1) is 7.67. The summed E-state index contributed by atoms with van der Waals surface area (Å²) < 4.78 is 5.00. The molecule has 0 saturated heterocycles. The second-order valence-electron chi connectivity index (χ2n) is 4.22. The van der Waals surface area contributed by atoms with Gasteiger partial charge in [-0.25, -0.2) is 0 Å². The first-order valence-corrected chi connectivity index (χ1v) is 5.87. The van der Waals surface area contributed by atoms with Crippen LogP contribution in [0.5, 0.6) is 0 Å². The fourth-order valence-corrected chi connectivity index (χ4v) is 1.59. The van der Waals surface area contributed by atoms with Gasteiger partial charge in [-0.15, -0.1) is 0 Å². The number of rotatable bonds is 9. The summed E-state index contributed by atoms with van der Waals surface area (Å²) in [6, 6.07) is -0.0356. The molecule has 1 fully saturated rings. The first kappa shape index (κ1) is 13.4. The summed E-state index contributed by atoms with van der Waals surface area (Å²) in [5, 5.41) is 12.2. The molecule has 1 rings (SSSR count). The first-order valence-electron chi connectivity index (χ1n) is 5.87. The summed E-state index contributed by atoms with van der Waals surface area (Å²) in [6.45, 7) is 4.85. The van der Waals surface area contributed by atoms with Crippen LogP contribution in [0.1, 0.15) is 19.8 Å². The number of nitrogens with one attached hydrogen (secondary N) is 1. The van der Waals surface area contributed by atoms with Crippen molar-refractivity contribution >= 4 is 5.97 Å². The van der Waals surface area contributed by atoms with Gasteiger partial charge in [0.05, 0.1) is 6.61 Å². The maximum absolute atomic E-state index is 11.1. The molecule has 94 valence electrons. The Morgan fingerprint density at radius 2 is 2.31 bits per heavy atom. The SMILES string of the molecule is CCN(CCOC)CC(NC1CC1)C(=O)O. The summed E-state index contributed by atoms with van der Waals surface area (Å²) >= 11 is 0. The molecule has 2 N–H and O–H groups in total. The standard InChI is InChI=1S/C11H22N2O3/c1-3-13(6-7-16-2)8-10(11(14)15)12-9-4-5-9/h9-10,12H,3-8H2,1-2H3,(H,14,15). The molecule has 0 aliphatic heterocycles. The predicted molar refractivity (Wildman–Crippen MR) is 61.6 cm³/mol. The number of carbonyl (C=O) groups is 1. The lowest BCUT2D eigenvalue weighted by atomic mass is 10.2. The van der Waals surface area contributed by atoms with Gasteiger partial charge in [-0.2, -0.15) is 0 Å². The molecule has 5 heteroatoms. The number of hydrogen-bond acceptors (Lipinski definition) is 4. The highest BCUT2D eigenvalue weighted by Gasteiger charge is 2.29. The molecule has 0 bridgehead atoms. The zero-order valence-electron chi connectivity index (χ0n) is 10.1. The Labute approximate surface area is 96.8 Å². The van der Waals surface area contributed by atoms with E-state index in [0.29, 0.717) is 19.2 Å². The van der Waals surface area contributed by atoms with Crippen LogP contribution in [0.2, 0.25) is 0 Å². The summed E-state index contributed by atoms with van der Waals surface area (Å²) in [6.07, 6.45) is 2.21. The van der Waals surface area contributed by atoms with Crippen molar-refractivity contribution in [2.24, 2.45) is 0 Å². The van der Waals surface area contributed by atoms with Crippen molar-refractivity contribution in [3.8, 4) is 0 Å². The third-order valence-electron chi connectivity index (χ3n) is 2.81. The van der Waals surface area contributed by atoms with Gasteiger partial charge in [0, 0.05) is 26.2 Å². The van der Waals surface area contributed by atoms with Gasteiger partial charge in [-0.1, -0.05) is 6.92 Å². The maximum atomic E-state index is 11.1. The third kappa shape index (κ3) is 4.92. The predicted octanol–water partition coefficient (Wildman–Crippen LogP) is 0.160. The average Bonchev–Trinajstić information content (AvgIpc) is 3.06. The van der Waals surface area contributed by atoms with Gasteiger partial charge >= 0.3 is 5.97 Å². The number of hydrogen-bond donors (Lipinski definition) is 2. The van der Waals surface area contributed by atoms with Gasteiger partial charge in [0.2, 0.25) is 0 Å². The van der Waals surface area contributed by atoms with Gasteiger partial charge in [0.1, 0.15) is 6.04 Å². The van der Waals surface area contributed by atoms with Gasteiger partial charge in [0.25, 0.3) is 0 Å². The van der Waals surface area contributed by atoms with Gasteiger partial charge < -0.3 is 15.2 Å². The Bertz CT molecular complexity index is 219. The van der Waals surface area contributed by atoms with Crippen molar-refractivity contribution in [3.05, 3.63) is 0 Å². The molecule has 1 aliphatic carbocycles. The lowest BCUT2D eigenvalue weighted by Gasteiger charge is -2.24. The second-order valence-corrected chi connectivity index (χ2v) is 4.22. The zero-order chi connectivity index (χ0) is 12.0. The minimum Gasteiger partial charge on any atom is -0.480 e. The zero-order valence-corrected chi connectivity index (χ0v) is 10.1. The quantitative estimate of drug-likeness (QED) is 0.591.